The minimum atomic E-state index is 0.449. The molecule has 0 heteroatoms. The molecule has 0 bridgehead atoms. The van der Waals surface area contributed by atoms with Crippen LogP contribution in [0.2, 0.25) is 0 Å². The van der Waals surface area contributed by atoms with Crippen molar-refractivity contribution in [1.29, 1.82) is 0 Å². The average molecular weight is 188 g/mol. The maximum absolute atomic E-state index is 5.37. The summed E-state index contributed by atoms with van der Waals surface area (Å²) >= 11 is 0. The topological polar surface area (TPSA) is 0 Å². The van der Waals surface area contributed by atoms with E-state index in [1.54, 1.807) is 0 Å². The third-order valence-corrected chi connectivity index (χ3v) is 2.27. The van der Waals surface area contributed by atoms with Gasteiger partial charge in [0, 0.05) is 12.3 Å². The Hall–Kier alpha value is -1.14. The van der Waals surface area contributed by atoms with E-state index in [9.17, 15) is 0 Å². The van der Waals surface area contributed by atoms with Crippen LogP contribution in [0.15, 0.2) is 12.2 Å². The summed E-state index contributed by atoms with van der Waals surface area (Å²) in [5.74, 6) is 5.89. The number of allylic oxidation sites excluding steroid dienone is 2. The van der Waals surface area contributed by atoms with Crippen molar-refractivity contribution in [3.05, 3.63) is 12.2 Å². The predicted octanol–water partition coefficient (Wildman–Crippen LogP) is 3.79. The zero-order valence-corrected chi connectivity index (χ0v) is 9.13. The van der Waals surface area contributed by atoms with Crippen LogP contribution >= 0.6 is 0 Å². The first-order valence-electron chi connectivity index (χ1n) is 5.39. The standard InChI is InChI=1S/C14H20/c1-4-7-8-9-10-11-12-13-14(5-2)6-3/h1-2,10-11,14H,6-9,12-13H2,3H3. The van der Waals surface area contributed by atoms with Crippen molar-refractivity contribution in [3.8, 4) is 24.7 Å². The molecular weight excluding hydrogens is 168 g/mol. The second-order valence-corrected chi connectivity index (χ2v) is 3.42. The molecule has 0 rings (SSSR count). The molecule has 0 fully saturated rings. The second-order valence-electron chi connectivity index (χ2n) is 3.42. The molecule has 0 aromatic heterocycles. The Morgan fingerprint density at radius 1 is 1.21 bits per heavy atom. The fourth-order valence-electron chi connectivity index (χ4n) is 1.26. The molecule has 1 atom stereocenters. The molecule has 76 valence electrons. The summed E-state index contributed by atoms with van der Waals surface area (Å²) in [5, 5.41) is 0. The van der Waals surface area contributed by atoms with Crippen molar-refractivity contribution >= 4 is 0 Å². The Morgan fingerprint density at radius 3 is 2.50 bits per heavy atom. The van der Waals surface area contributed by atoms with Crippen molar-refractivity contribution in [2.75, 3.05) is 0 Å². The predicted molar refractivity (Wildman–Crippen MR) is 63.7 cm³/mol. The van der Waals surface area contributed by atoms with Crippen molar-refractivity contribution in [1.82, 2.24) is 0 Å². The van der Waals surface area contributed by atoms with E-state index < -0.39 is 0 Å². The lowest BCUT2D eigenvalue weighted by Gasteiger charge is -2.03. The van der Waals surface area contributed by atoms with Gasteiger partial charge in [0.15, 0.2) is 0 Å². The zero-order valence-electron chi connectivity index (χ0n) is 9.13. The molecule has 0 aliphatic rings. The van der Waals surface area contributed by atoms with Gasteiger partial charge in [-0.2, -0.15) is 0 Å². The third-order valence-electron chi connectivity index (χ3n) is 2.27. The molecule has 0 saturated heterocycles. The van der Waals surface area contributed by atoms with Crippen LogP contribution < -0.4 is 0 Å². The minimum Gasteiger partial charge on any atom is -0.120 e. The number of terminal acetylenes is 2. The molecule has 1 unspecified atom stereocenters. The lowest BCUT2D eigenvalue weighted by atomic mass is 10.0. The van der Waals surface area contributed by atoms with E-state index >= 15 is 0 Å². The summed E-state index contributed by atoms with van der Waals surface area (Å²) in [4.78, 5) is 0. The highest BCUT2D eigenvalue weighted by Crippen LogP contribution is 2.09. The first-order chi connectivity index (χ1) is 6.85. The molecule has 0 aliphatic carbocycles. The van der Waals surface area contributed by atoms with Crippen molar-refractivity contribution < 1.29 is 0 Å². The highest BCUT2D eigenvalue weighted by atomic mass is 14.0. The highest BCUT2D eigenvalue weighted by molar-refractivity contribution is 4.94. The van der Waals surface area contributed by atoms with Crippen LogP contribution in [-0.4, -0.2) is 0 Å². The maximum atomic E-state index is 5.37. The largest absolute Gasteiger partial charge is 0.120 e. The van der Waals surface area contributed by atoms with Gasteiger partial charge in [-0.1, -0.05) is 19.1 Å². The van der Waals surface area contributed by atoms with Crippen LogP contribution in [0.25, 0.3) is 0 Å². The second kappa shape index (κ2) is 9.94. The molecule has 0 nitrogen and oxygen atoms in total. The molecule has 0 radical (unpaired) electrons. The van der Waals surface area contributed by atoms with Crippen LogP contribution in [0.3, 0.4) is 0 Å². The van der Waals surface area contributed by atoms with Gasteiger partial charge >= 0.3 is 0 Å². The van der Waals surface area contributed by atoms with E-state index in [4.69, 9.17) is 12.8 Å². The Morgan fingerprint density at radius 2 is 1.93 bits per heavy atom. The molecule has 14 heavy (non-hydrogen) atoms. The zero-order chi connectivity index (χ0) is 10.6. The van der Waals surface area contributed by atoms with Gasteiger partial charge in [0.2, 0.25) is 0 Å². The van der Waals surface area contributed by atoms with E-state index in [2.05, 4.69) is 30.9 Å². The number of unbranched alkanes of at least 4 members (excludes halogenated alkanes) is 2. The third kappa shape index (κ3) is 7.51. The summed E-state index contributed by atoms with van der Waals surface area (Å²) in [7, 11) is 0. The SMILES string of the molecule is C#CCCCC=CCCC(C#C)CC. The minimum absolute atomic E-state index is 0.449. The Bertz CT molecular complexity index is 221. The molecule has 0 N–H and O–H groups in total. The number of hydrogen-bond acceptors (Lipinski definition) is 0. The molecule has 0 heterocycles. The van der Waals surface area contributed by atoms with Gasteiger partial charge in [-0.05, 0) is 32.1 Å². The fourth-order valence-corrected chi connectivity index (χ4v) is 1.26. The van der Waals surface area contributed by atoms with E-state index in [0.717, 1.165) is 38.5 Å². The molecule has 0 saturated carbocycles. The molecule has 0 aromatic carbocycles. The summed E-state index contributed by atoms with van der Waals surface area (Å²) in [6, 6.07) is 0. The molecule has 0 spiro atoms. The van der Waals surface area contributed by atoms with E-state index in [-0.39, 0.29) is 0 Å². The van der Waals surface area contributed by atoms with Crippen LogP contribution in [-0.2, 0) is 0 Å². The van der Waals surface area contributed by atoms with Gasteiger partial charge in [0.1, 0.15) is 0 Å². The quantitative estimate of drug-likeness (QED) is 0.324. The van der Waals surface area contributed by atoms with Crippen molar-refractivity contribution in [2.45, 2.75) is 45.4 Å². The van der Waals surface area contributed by atoms with Gasteiger partial charge in [-0.3, -0.25) is 0 Å². The van der Waals surface area contributed by atoms with Gasteiger partial charge < -0.3 is 0 Å². The molecular formula is C14H20. The lowest BCUT2D eigenvalue weighted by Crippen LogP contribution is -1.92. The summed E-state index contributed by atoms with van der Waals surface area (Å²) in [5.41, 5.74) is 0. The molecule has 0 aliphatic heterocycles. The smallest absolute Gasteiger partial charge is 0.0200 e. The Kier molecular flexibility index (Phi) is 9.13. The summed E-state index contributed by atoms with van der Waals surface area (Å²) in [6.07, 6.45) is 21.3. The normalized spacial score (nSPS) is 12.2. The highest BCUT2D eigenvalue weighted by Gasteiger charge is 1.98. The summed E-state index contributed by atoms with van der Waals surface area (Å²) < 4.78 is 0. The van der Waals surface area contributed by atoms with Crippen LogP contribution in [0.1, 0.15) is 45.4 Å². The molecule has 0 aromatic rings. The monoisotopic (exact) mass is 188 g/mol. The average Bonchev–Trinajstić information content (AvgIpc) is 2.22. The van der Waals surface area contributed by atoms with E-state index in [1.165, 1.54) is 0 Å². The van der Waals surface area contributed by atoms with Crippen LogP contribution in [0.4, 0.5) is 0 Å². The maximum Gasteiger partial charge on any atom is 0.0200 e. The Labute approximate surface area is 88.8 Å². The van der Waals surface area contributed by atoms with Crippen molar-refractivity contribution in [2.24, 2.45) is 5.92 Å². The van der Waals surface area contributed by atoms with Gasteiger partial charge in [-0.15, -0.1) is 24.7 Å². The fraction of sp³-hybridized carbons (Fsp3) is 0.571. The van der Waals surface area contributed by atoms with E-state index in [1.807, 2.05) is 0 Å². The van der Waals surface area contributed by atoms with Crippen molar-refractivity contribution in [3.63, 3.8) is 0 Å². The van der Waals surface area contributed by atoms with Crippen LogP contribution in [0.5, 0.6) is 0 Å². The van der Waals surface area contributed by atoms with Gasteiger partial charge in [-0.25, -0.2) is 0 Å². The van der Waals surface area contributed by atoms with Crippen LogP contribution in [0, 0.1) is 30.6 Å². The first kappa shape index (κ1) is 12.9. The van der Waals surface area contributed by atoms with E-state index in [0.29, 0.717) is 5.92 Å². The van der Waals surface area contributed by atoms with Gasteiger partial charge in [0.05, 0.1) is 0 Å². The first-order valence-corrected chi connectivity index (χ1v) is 5.39. The lowest BCUT2D eigenvalue weighted by molar-refractivity contribution is 0.598. The Balaban J connectivity index is 3.36. The van der Waals surface area contributed by atoms with Gasteiger partial charge in [0.25, 0.3) is 0 Å². The number of rotatable bonds is 7. The summed E-state index contributed by atoms with van der Waals surface area (Å²) in [6.45, 7) is 2.14. The number of hydrogen-bond donors (Lipinski definition) is 0. The molecule has 0 amide bonds.